The predicted octanol–water partition coefficient (Wildman–Crippen LogP) is 3.82. The molecule has 0 radical (unpaired) electrons. The summed E-state index contributed by atoms with van der Waals surface area (Å²) < 4.78 is 24.1. The van der Waals surface area contributed by atoms with Crippen LogP contribution in [0.4, 0.5) is 5.82 Å². The molecule has 0 unspecified atom stereocenters. The summed E-state index contributed by atoms with van der Waals surface area (Å²) in [5.74, 6) is 1.93. The molecule has 2 aromatic carbocycles. The Morgan fingerprint density at radius 2 is 1.93 bits per heavy atom. The predicted molar refractivity (Wildman–Crippen MR) is 164 cm³/mol. The van der Waals surface area contributed by atoms with Gasteiger partial charge in [-0.2, -0.15) is 0 Å². The Morgan fingerprint density at radius 1 is 1.14 bits per heavy atom. The van der Waals surface area contributed by atoms with Gasteiger partial charge in [-0.05, 0) is 49.3 Å². The first-order valence-electron chi connectivity index (χ1n) is 14.1. The fraction of sp³-hybridized carbons (Fsp3) is 0.367. The molecule has 0 saturated heterocycles. The minimum absolute atomic E-state index is 0.128. The van der Waals surface area contributed by atoms with E-state index in [0.717, 1.165) is 48.0 Å². The van der Waals surface area contributed by atoms with E-state index in [1.54, 1.807) is 12.1 Å². The summed E-state index contributed by atoms with van der Waals surface area (Å²) >= 11 is 0. The van der Waals surface area contributed by atoms with Crippen LogP contribution < -0.4 is 15.6 Å². The van der Waals surface area contributed by atoms with E-state index >= 15 is 0 Å². The van der Waals surface area contributed by atoms with Gasteiger partial charge in [-0.1, -0.05) is 37.6 Å². The Labute approximate surface area is 249 Å². The van der Waals surface area contributed by atoms with Crippen LogP contribution in [0.25, 0.3) is 21.9 Å². The van der Waals surface area contributed by atoms with Crippen molar-refractivity contribution in [2.45, 2.75) is 52.0 Å². The average molecular weight is 610 g/mol. The van der Waals surface area contributed by atoms with Gasteiger partial charge in [0.15, 0.2) is 17.3 Å². The third-order valence-electron chi connectivity index (χ3n) is 6.85. The van der Waals surface area contributed by atoms with Crippen molar-refractivity contribution in [1.29, 1.82) is 0 Å². The number of carbonyl (C=O) groups is 1. The molecule has 0 aliphatic heterocycles. The number of hydrogen-bond acceptors (Lipinski definition) is 8. The highest BCUT2D eigenvalue weighted by Crippen LogP contribution is 2.44. The number of nitrogens with zero attached hydrogens (tertiary/aromatic N) is 3. The summed E-state index contributed by atoms with van der Waals surface area (Å²) in [7, 11) is -4.93. The summed E-state index contributed by atoms with van der Waals surface area (Å²) in [6.07, 6.45) is 9.69. The third kappa shape index (κ3) is 8.24. The first-order chi connectivity index (χ1) is 20.6. The SMILES string of the molecule is C#CC(=O)NCCCOCCCc1ccc2c(c1)nc(N)c1nc(CCCC)n(Cc3cccc(O)c3OP(=O)(O)O)c12. The number of para-hydroxylation sites is 1. The maximum absolute atomic E-state index is 11.7. The van der Waals surface area contributed by atoms with Gasteiger partial charge in [-0.25, -0.2) is 14.5 Å². The van der Waals surface area contributed by atoms with Crippen molar-refractivity contribution >= 4 is 41.5 Å². The number of aromatic nitrogens is 3. The summed E-state index contributed by atoms with van der Waals surface area (Å²) in [6.45, 7) is 3.75. The fourth-order valence-corrected chi connectivity index (χ4v) is 5.30. The number of fused-ring (bicyclic) bond motifs is 3. The molecule has 0 bridgehead atoms. The van der Waals surface area contributed by atoms with Crippen LogP contribution in [-0.4, -0.2) is 55.1 Å². The van der Waals surface area contributed by atoms with E-state index in [0.29, 0.717) is 49.2 Å². The van der Waals surface area contributed by atoms with Crippen molar-refractivity contribution in [2.75, 3.05) is 25.5 Å². The number of nitrogens with two attached hydrogens (primary N) is 1. The van der Waals surface area contributed by atoms with Crippen molar-refractivity contribution in [2.24, 2.45) is 0 Å². The molecule has 0 atom stereocenters. The molecule has 6 N–H and O–H groups in total. The fourth-order valence-electron chi connectivity index (χ4n) is 4.85. The molecule has 2 heterocycles. The van der Waals surface area contributed by atoms with Gasteiger partial charge in [-0.3, -0.25) is 14.6 Å². The van der Waals surface area contributed by atoms with Crippen LogP contribution >= 0.6 is 7.82 Å². The molecule has 13 heteroatoms. The quantitative estimate of drug-likeness (QED) is 0.0755. The number of pyridine rings is 1. The molecule has 0 aliphatic rings. The molecular weight excluding hydrogens is 573 g/mol. The topological polar surface area (TPSA) is 182 Å². The molecule has 0 fully saturated rings. The van der Waals surface area contributed by atoms with Crippen molar-refractivity contribution in [3.63, 3.8) is 0 Å². The molecule has 0 aliphatic carbocycles. The largest absolute Gasteiger partial charge is 0.524 e. The Kier molecular flexibility index (Phi) is 10.6. The number of carbonyl (C=O) groups excluding carboxylic acids is 1. The molecule has 0 spiro atoms. The second-order valence-electron chi connectivity index (χ2n) is 10.1. The van der Waals surface area contributed by atoms with Crippen molar-refractivity contribution < 1.29 is 33.5 Å². The number of terminal acetylenes is 1. The minimum Gasteiger partial charge on any atom is -0.504 e. The smallest absolute Gasteiger partial charge is 0.504 e. The van der Waals surface area contributed by atoms with Crippen LogP contribution in [0, 0.1) is 12.3 Å². The highest BCUT2D eigenvalue weighted by atomic mass is 31.2. The lowest BCUT2D eigenvalue weighted by atomic mass is 10.1. The molecule has 4 aromatic rings. The number of imidazole rings is 1. The molecule has 43 heavy (non-hydrogen) atoms. The summed E-state index contributed by atoms with van der Waals surface area (Å²) in [6, 6.07) is 10.5. The lowest BCUT2D eigenvalue weighted by Gasteiger charge is -2.16. The zero-order valence-corrected chi connectivity index (χ0v) is 24.8. The summed E-state index contributed by atoms with van der Waals surface area (Å²) in [4.78, 5) is 39.4. The van der Waals surface area contributed by atoms with E-state index < -0.39 is 13.7 Å². The van der Waals surface area contributed by atoms with Crippen LogP contribution in [0.5, 0.6) is 11.5 Å². The number of nitrogens with one attached hydrogen (secondary N) is 1. The number of phosphoric ester groups is 1. The van der Waals surface area contributed by atoms with Crippen LogP contribution in [0.1, 0.15) is 49.6 Å². The zero-order valence-electron chi connectivity index (χ0n) is 24.0. The molecule has 228 valence electrons. The van der Waals surface area contributed by atoms with E-state index in [2.05, 4.69) is 17.2 Å². The van der Waals surface area contributed by atoms with Crippen molar-refractivity contribution in [3.8, 4) is 23.8 Å². The number of amides is 1. The Morgan fingerprint density at radius 3 is 2.67 bits per heavy atom. The van der Waals surface area contributed by atoms with Gasteiger partial charge < -0.3 is 30.0 Å². The Bertz CT molecular complexity index is 1690. The number of aryl methyl sites for hydroxylation is 2. The monoisotopic (exact) mass is 609 g/mol. The lowest BCUT2D eigenvalue weighted by molar-refractivity contribution is -0.115. The third-order valence-corrected chi connectivity index (χ3v) is 7.27. The van der Waals surface area contributed by atoms with E-state index in [1.807, 2.05) is 28.7 Å². The van der Waals surface area contributed by atoms with Crippen LogP contribution in [0.2, 0.25) is 0 Å². The lowest BCUT2D eigenvalue weighted by Crippen LogP contribution is -2.23. The first kappa shape index (κ1) is 31.8. The standard InChI is InChI=1S/C30H36N5O7P/c1-3-5-12-25-34-27-28(35(25)19-21-10-6-11-24(36)29(21)42-43(38,39)40)22-14-13-20(18-23(22)33-30(27)31)9-7-16-41-17-8-15-32-26(37)4-2/h2,6,10-11,13-14,18,36H,3,5,7-9,12,15-17,19H2,1H3,(H2,31,33)(H,32,37)(H2,38,39,40). The average Bonchev–Trinajstić information content (AvgIpc) is 3.33. The van der Waals surface area contributed by atoms with E-state index in [1.165, 1.54) is 6.07 Å². The van der Waals surface area contributed by atoms with Crippen LogP contribution in [0.3, 0.4) is 0 Å². The maximum atomic E-state index is 11.7. The van der Waals surface area contributed by atoms with E-state index in [-0.39, 0.29) is 23.9 Å². The van der Waals surface area contributed by atoms with Crippen molar-refractivity contribution in [3.05, 3.63) is 53.3 Å². The molecule has 1 amide bonds. The van der Waals surface area contributed by atoms with Gasteiger partial charge in [0.05, 0.1) is 17.6 Å². The number of phosphoric acid groups is 1. The van der Waals surface area contributed by atoms with Crippen LogP contribution in [-0.2, 0) is 33.5 Å². The summed E-state index contributed by atoms with van der Waals surface area (Å²) in [5, 5.41) is 13.8. The number of rotatable bonds is 15. The normalized spacial score (nSPS) is 11.6. The Hall–Kier alpha value is -4.14. The van der Waals surface area contributed by atoms with Gasteiger partial charge >= 0.3 is 7.82 Å². The van der Waals surface area contributed by atoms with Gasteiger partial charge in [0.2, 0.25) is 0 Å². The van der Waals surface area contributed by atoms with Gasteiger partial charge in [0.25, 0.3) is 5.91 Å². The van der Waals surface area contributed by atoms with E-state index in [9.17, 15) is 24.3 Å². The number of phenols is 1. The number of unbranched alkanes of at least 4 members (excludes halogenated alkanes) is 1. The summed E-state index contributed by atoms with van der Waals surface area (Å²) in [5.41, 5.74) is 9.82. The molecule has 12 nitrogen and oxygen atoms in total. The zero-order chi connectivity index (χ0) is 31.0. The number of ether oxygens (including phenoxy) is 1. The van der Waals surface area contributed by atoms with E-state index in [4.69, 9.17) is 26.4 Å². The molecule has 2 aromatic heterocycles. The van der Waals surface area contributed by atoms with Gasteiger partial charge in [0.1, 0.15) is 11.3 Å². The van der Waals surface area contributed by atoms with Crippen molar-refractivity contribution in [1.82, 2.24) is 19.9 Å². The maximum Gasteiger partial charge on any atom is 0.524 e. The van der Waals surface area contributed by atoms with Gasteiger partial charge in [-0.15, -0.1) is 6.42 Å². The number of aromatic hydroxyl groups is 1. The highest BCUT2D eigenvalue weighted by Gasteiger charge is 2.24. The molecular formula is C30H36N5O7P. The second-order valence-corrected chi connectivity index (χ2v) is 11.2. The number of phenolic OH excluding ortho intramolecular Hbond substituents is 1. The molecule has 0 saturated carbocycles. The highest BCUT2D eigenvalue weighted by molar-refractivity contribution is 7.46. The Balaban J connectivity index is 1.60. The van der Waals surface area contributed by atoms with Crippen LogP contribution in [0.15, 0.2) is 36.4 Å². The molecule has 4 rings (SSSR count). The first-order valence-corrected chi connectivity index (χ1v) is 15.6. The number of nitrogen functional groups attached to an aromatic ring is 1. The number of anilines is 1. The second kappa shape index (κ2) is 14.4. The number of benzene rings is 2. The number of hydrogen-bond donors (Lipinski definition) is 5. The minimum atomic E-state index is -4.93. The van der Waals surface area contributed by atoms with Gasteiger partial charge in [0, 0.05) is 37.1 Å².